The molecule has 0 N–H and O–H groups in total. The van der Waals surface area contributed by atoms with Crippen LogP contribution in [0.2, 0.25) is 0 Å². The molecule has 0 amide bonds. The van der Waals surface area contributed by atoms with Gasteiger partial charge in [-0.05, 0) is 49.9 Å². The summed E-state index contributed by atoms with van der Waals surface area (Å²) in [5.41, 5.74) is 1.37. The van der Waals surface area contributed by atoms with Crippen molar-refractivity contribution in [2.45, 2.75) is 39.0 Å². The van der Waals surface area contributed by atoms with Crippen LogP contribution in [0.15, 0.2) is 30.9 Å². The van der Waals surface area contributed by atoms with Gasteiger partial charge in [-0.25, -0.2) is 4.39 Å². The molecule has 2 heteroatoms. The molecular weight excluding hydrogens is 215 g/mol. The molecule has 0 atom stereocenters. The summed E-state index contributed by atoms with van der Waals surface area (Å²) in [6, 6.07) is 4.33. The van der Waals surface area contributed by atoms with Crippen LogP contribution in [0.25, 0.3) is 0 Å². The van der Waals surface area contributed by atoms with E-state index in [1.165, 1.54) is 12.1 Å². The fourth-order valence-corrected chi connectivity index (χ4v) is 1.83. The van der Waals surface area contributed by atoms with Crippen LogP contribution in [0.1, 0.15) is 48.0 Å². The lowest BCUT2D eigenvalue weighted by molar-refractivity contribution is 0.0978. The summed E-state index contributed by atoms with van der Waals surface area (Å²) in [5, 5.41) is 0. The highest BCUT2D eigenvalue weighted by Gasteiger charge is 2.08. The average molecular weight is 234 g/mol. The van der Waals surface area contributed by atoms with Gasteiger partial charge in [0, 0.05) is 12.0 Å². The Balaban J connectivity index is 2.44. The van der Waals surface area contributed by atoms with Gasteiger partial charge in [0.15, 0.2) is 5.78 Å². The lowest BCUT2D eigenvalue weighted by Gasteiger charge is -2.04. The van der Waals surface area contributed by atoms with E-state index in [1.807, 2.05) is 6.08 Å². The maximum absolute atomic E-state index is 12.9. The summed E-state index contributed by atoms with van der Waals surface area (Å²) in [5.74, 6) is -0.175. The molecule has 0 unspecified atom stereocenters. The van der Waals surface area contributed by atoms with E-state index in [-0.39, 0.29) is 11.6 Å². The Morgan fingerprint density at radius 1 is 1.35 bits per heavy atom. The molecule has 1 aromatic carbocycles. The fraction of sp³-hybridized carbons (Fsp3) is 0.400. The van der Waals surface area contributed by atoms with Gasteiger partial charge in [-0.2, -0.15) is 0 Å². The number of carbonyl (C=O) groups is 1. The van der Waals surface area contributed by atoms with Crippen LogP contribution in [0.5, 0.6) is 0 Å². The highest BCUT2D eigenvalue weighted by molar-refractivity contribution is 5.97. The number of ketones is 1. The van der Waals surface area contributed by atoms with Gasteiger partial charge >= 0.3 is 0 Å². The van der Waals surface area contributed by atoms with E-state index in [4.69, 9.17) is 0 Å². The number of allylic oxidation sites excluding steroid dienone is 1. The molecule has 92 valence electrons. The lowest BCUT2D eigenvalue weighted by Crippen LogP contribution is -2.02. The zero-order valence-corrected chi connectivity index (χ0v) is 10.3. The molecule has 1 nitrogen and oxygen atoms in total. The van der Waals surface area contributed by atoms with Crippen molar-refractivity contribution in [1.82, 2.24) is 0 Å². The van der Waals surface area contributed by atoms with Gasteiger partial charge in [0.2, 0.25) is 0 Å². The first-order chi connectivity index (χ1) is 8.15. The monoisotopic (exact) mass is 234 g/mol. The second-order valence-electron chi connectivity index (χ2n) is 4.27. The van der Waals surface area contributed by atoms with Gasteiger partial charge in [-0.1, -0.05) is 12.5 Å². The zero-order chi connectivity index (χ0) is 12.7. The van der Waals surface area contributed by atoms with Crippen molar-refractivity contribution in [3.05, 3.63) is 47.8 Å². The number of hydrogen-bond acceptors (Lipinski definition) is 1. The molecule has 0 spiro atoms. The van der Waals surface area contributed by atoms with Crippen LogP contribution in [0, 0.1) is 12.7 Å². The first-order valence-corrected chi connectivity index (χ1v) is 6.05. The molecule has 0 bridgehead atoms. The standard InChI is InChI=1S/C15H19FO/c1-3-4-5-6-7-8-15(17)14-10-9-13(16)11-12(14)2/h3,9-11H,1,4-8H2,2H3. The van der Waals surface area contributed by atoms with Crippen molar-refractivity contribution < 1.29 is 9.18 Å². The maximum Gasteiger partial charge on any atom is 0.163 e. The number of aryl methyl sites for hydroxylation is 1. The van der Waals surface area contributed by atoms with E-state index in [0.717, 1.165) is 31.2 Å². The van der Waals surface area contributed by atoms with Gasteiger partial charge < -0.3 is 0 Å². The molecule has 0 saturated carbocycles. The quantitative estimate of drug-likeness (QED) is 0.387. The van der Waals surface area contributed by atoms with Crippen molar-refractivity contribution in [3.8, 4) is 0 Å². The first-order valence-electron chi connectivity index (χ1n) is 6.05. The van der Waals surface area contributed by atoms with Crippen molar-refractivity contribution in [2.75, 3.05) is 0 Å². The van der Waals surface area contributed by atoms with Gasteiger partial charge in [-0.3, -0.25) is 4.79 Å². The van der Waals surface area contributed by atoms with E-state index in [0.29, 0.717) is 12.0 Å². The number of hydrogen-bond donors (Lipinski definition) is 0. The van der Waals surface area contributed by atoms with Crippen molar-refractivity contribution in [3.63, 3.8) is 0 Å². The first kappa shape index (κ1) is 13.6. The number of halogens is 1. The highest BCUT2D eigenvalue weighted by Crippen LogP contribution is 2.14. The van der Waals surface area contributed by atoms with E-state index in [2.05, 4.69) is 6.58 Å². The number of rotatable bonds is 7. The number of Topliss-reactive ketones (excluding diaryl/α,β-unsaturated/α-hetero) is 1. The molecule has 0 aromatic heterocycles. The van der Waals surface area contributed by atoms with E-state index in [9.17, 15) is 9.18 Å². The van der Waals surface area contributed by atoms with Gasteiger partial charge in [0.05, 0.1) is 0 Å². The third-order valence-electron chi connectivity index (χ3n) is 2.80. The van der Waals surface area contributed by atoms with E-state index >= 15 is 0 Å². The SMILES string of the molecule is C=CCCCCCC(=O)c1ccc(F)cc1C. The second kappa shape index (κ2) is 7.00. The van der Waals surface area contributed by atoms with Crippen LogP contribution in [-0.4, -0.2) is 5.78 Å². The lowest BCUT2D eigenvalue weighted by atomic mass is 10.00. The van der Waals surface area contributed by atoms with Gasteiger partial charge in [0.1, 0.15) is 5.82 Å². The Kier molecular flexibility index (Phi) is 5.61. The third kappa shape index (κ3) is 4.51. The smallest absolute Gasteiger partial charge is 0.163 e. The molecule has 1 rings (SSSR count). The van der Waals surface area contributed by atoms with Crippen molar-refractivity contribution >= 4 is 5.78 Å². The van der Waals surface area contributed by atoms with Crippen LogP contribution >= 0.6 is 0 Å². The van der Waals surface area contributed by atoms with E-state index in [1.54, 1.807) is 13.0 Å². The molecule has 0 aliphatic carbocycles. The molecule has 0 aliphatic rings. The molecule has 0 heterocycles. The Hall–Kier alpha value is -1.44. The Labute approximate surface area is 102 Å². The summed E-state index contributed by atoms with van der Waals surface area (Å²) in [6.45, 7) is 5.43. The molecule has 0 fully saturated rings. The van der Waals surface area contributed by atoms with Gasteiger partial charge in [0.25, 0.3) is 0 Å². The van der Waals surface area contributed by atoms with Gasteiger partial charge in [-0.15, -0.1) is 6.58 Å². The molecule has 0 saturated heterocycles. The largest absolute Gasteiger partial charge is 0.294 e. The molecule has 17 heavy (non-hydrogen) atoms. The van der Waals surface area contributed by atoms with Crippen molar-refractivity contribution in [2.24, 2.45) is 0 Å². The molecular formula is C15H19FO. The molecule has 0 aliphatic heterocycles. The summed E-state index contributed by atoms with van der Waals surface area (Å²) in [4.78, 5) is 11.9. The normalized spacial score (nSPS) is 10.2. The number of benzene rings is 1. The number of carbonyl (C=O) groups excluding carboxylic acids is 1. The molecule has 0 radical (unpaired) electrons. The third-order valence-corrected chi connectivity index (χ3v) is 2.80. The Morgan fingerprint density at radius 3 is 2.76 bits per heavy atom. The number of unbranched alkanes of at least 4 members (excludes halogenated alkanes) is 3. The second-order valence-corrected chi connectivity index (χ2v) is 4.27. The van der Waals surface area contributed by atoms with Crippen LogP contribution < -0.4 is 0 Å². The predicted molar refractivity (Wildman–Crippen MR) is 68.7 cm³/mol. The zero-order valence-electron chi connectivity index (χ0n) is 10.3. The minimum absolute atomic E-state index is 0.112. The topological polar surface area (TPSA) is 17.1 Å². The summed E-state index contributed by atoms with van der Waals surface area (Å²) < 4.78 is 12.9. The minimum Gasteiger partial charge on any atom is -0.294 e. The van der Waals surface area contributed by atoms with Crippen LogP contribution in [0.3, 0.4) is 0 Å². The summed E-state index contributed by atoms with van der Waals surface area (Å²) in [7, 11) is 0. The average Bonchev–Trinajstić information content (AvgIpc) is 2.28. The molecule has 1 aromatic rings. The fourth-order valence-electron chi connectivity index (χ4n) is 1.83. The highest BCUT2D eigenvalue weighted by atomic mass is 19.1. The van der Waals surface area contributed by atoms with E-state index < -0.39 is 0 Å². The Bertz CT molecular complexity index is 396. The Morgan fingerprint density at radius 2 is 2.12 bits per heavy atom. The minimum atomic E-state index is -0.287. The van der Waals surface area contributed by atoms with Crippen LogP contribution in [-0.2, 0) is 0 Å². The predicted octanol–water partition coefficient (Wildman–Crippen LogP) is 4.45. The summed E-state index contributed by atoms with van der Waals surface area (Å²) >= 11 is 0. The maximum atomic E-state index is 12.9. The van der Waals surface area contributed by atoms with Crippen molar-refractivity contribution in [1.29, 1.82) is 0 Å². The summed E-state index contributed by atoms with van der Waals surface area (Å²) in [6.07, 6.45) is 6.46. The van der Waals surface area contributed by atoms with Crippen LogP contribution in [0.4, 0.5) is 4.39 Å².